The molecule has 1 aromatic rings. The molecule has 2 unspecified atom stereocenters. The van der Waals surface area contributed by atoms with Gasteiger partial charge in [0.15, 0.2) is 0 Å². The first-order valence-corrected chi connectivity index (χ1v) is 7.26. The number of hydrogen-bond acceptors (Lipinski definition) is 5. The summed E-state index contributed by atoms with van der Waals surface area (Å²) in [5.41, 5.74) is 0. The number of aromatic nitrogens is 2. The van der Waals surface area contributed by atoms with Gasteiger partial charge >= 0.3 is 0 Å². The molecule has 1 N–H and O–H groups in total. The molecule has 104 valence electrons. The molecule has 0 spiro atoms. The van der Waals surface area contributed by atoms with Gasteiger partial charge in [-0.15, -0.1) is 0 Å². The fraction of sp³-hybridized carbons (Fsp3) is 0.714. The molecule has 1 aromatic heterocycles. The Kier molecular flexibility index (Phi) is 3.94. The van der Waals surface area contributed by atoms with E-state index in [-0.39, 0.29) is 6.61 Å². The summed E-state index contributed by atoms with van der Waals surface area (Å²) in [4.78, 5) is 13.4. The average Bonchev–Trinajstić information content (AvgIpc) is 3.09. The van der Waals surface area contributed by atoms with Crippen LogP contribution in [0.15, 0.2) is 18.6 Å². The zero-order chi connectivity index (χ0) is 13.1. The number of aliphatic hydroxyl groups is 1. The number of anilines is 1. The Balaban J connectivity index is 1.67. The SMILES string of the molecule is OCC1CCCN1CC1CCCN1c1cnccn1. The maximum atomic E-state index is 9.42. The summed E-state index contributed by atoms with van der Waals surface area (Å²) in [6, 6.07) is 0.883. The lowest BCUT2D eigenvalue weighted by Crippen LogP contribution is -2.43. The van der Waals surface area contributed by atoms with E-state index in [1.807, 2.05) is 6.20 Å². The van der Waals surface area contributed by atoms with Crippen molar-refractivity contribution < 1.29 is 5.11 Å². The van der Waals surface area contributed by atoms with Crippen LogP contribution in [0.2, 0.25) is 0 Å². The van der Waals surface area contributed by atoms with Crippen molar-refractivity contribution in [2.24, 2.45) is 0 Å². The minimum absolute atomic E-state index is 0.290. The van der Waals surface area contributed by atoms with Crippen molar-refractivity contribution in [1.29, 1.82) is 0 Å². The molecule has 0 saturated carbocycles. The first kappa shape index (κ1) is 12.8. The lowest BCUT2D eigenvalue weighted by atomic mass is 10.2. The Bertz CT molecular complexity index is 400. The Hall–Kier alpha value is -1.20. The van der Waals surface area contributed by atoms with Crippen LogP contribution in [0, 0.1) is 0 Å². The third-order valence-electron chi connectivity index (χ3n) is 4.38. The molecule has 5 heteroatoms. The molecule has 2 aliphatic rings. The predicted molar refractivity (Wildman–Crippen MR) is 74.1 cm³/mol. The molecule has 2 fully saturated rings. The minimum Gasteiger partial charge on any atom is -0.395 e. The van der Waals surface area contributed by atoms with Crippen LogP contribution >= 0.6 is 0 Å². The second-order valence-corrected chi connectivity index (χ2v) is 5.53. The molecule has 5 nitrogen and oxygen atoms in total. The second-order valence-electron chi connectivity index (χ2n) is 5.53. The first-order valence-electron chi connectivity index (χ1n) is 7.26. The van der Waals surface area contributed by atoms with Crippen LogP contribution in [0.1, 0.15) is 25.7 Å². The zero-order valence-corrected chi connectivity index (χ0v) is 11.3. The molecule has 3 rings (SSSR count). The zero-order valence-electron chi connectivity index (χ0n) is 11.3. The van der Waals surface area contributed by atoms with Gasteiger partial charge in [-0.2, -0.15) is 0 Å². The average molecular weight is 262 g/mol. The quantitative estimate of drug-likeness (QED) is 0.874. The number of aliphatic hydroxyl groups excluding tert-OH is 1. The van der Waals surface area contributed by atoms with E-state index in [1.165, 1.54) is 19.3 Å². The fourth-order valence-electron chi connectivity index (χ4n) is 3.38. The lowest BCUT2D eigenvalue weighted by molar-refractivity contribution is 0.153. The Morgan fingerprint density at radius 3 is 2.79 bits per heavy atom. The van der Waals surface area contributed by atoms with Crippen LogP contribution in [0.25, 0.3) is 0 Å². The van der Waals surface area contributed by atoms with Crippen LogP contribution in [0.5, 0.6) is 0 Å². The summed E-state index contributed by atoms with van der Waals surface area (Å²) < 4.78 is 0. The van der Waals surface area contributed by atoms with E-state index >= 15 is 0 Å². The van der Waals surface area contributed by atoms with Crippen LogP contribution in [0.4, 0.5) is 5.82 Å². The summed E-state index contributed by atoms with van der Waals surface area (Å²) in [5, 5.41) is 9.42. The van der Waals surface area contributed by atoms with Gasteiger partial charge in [-0.25, -0.2) is 4.98 Å². The Morgan fingerprint density at radius 1 is 1.16 bits per heavy atom. The van der Waals surface area contributed by atoms with Crippen LogP contribution in [0.3, 0.4) is 0 Å². The number of likely N-dealkylation sites (tertiary alicyclic amines) is 1. The second kappa shape index (κ2) is 5.84. The topological polar surface area (TPSA) is 52.5 Å². The van der Waals surface area contributed by atoms with Crippen molar-refractivity contribution >= 4 is 5.82 Å². The molecule has 0 aromatic carbocycles. The Morgan fingerprint density at radius 2 is 2.00 bits per heavy atom. The maximum absolute atomic E-state index is 9.42. The van der Waals surface area contributed by atoms with Gasteiger partial charge in [-0.1, -0.05) is 0 Å². The van der Waals surface area contributed by atoms with E-state index in [2.05, 4.69) is 19.8 Å². The molecule has 0 amide bonds. The Labute approximate surface area is 114 Å². The number of hydrogen-bond donors (Lipinski definition) is 1. The van der Waals surface area contributed by atoms with Crippen molar-refractivity contribution in [3.8, 4) is 0 Å². The molecule has 0 bridgehead atoms. The van der Waals surface area contributed by atoms with E-state index in [9.17, 15) is 5.11 Å². The molecule has 2 saturated heterocycles. The van der Waals surface area contributed by atoms with Crippen molar-refractivity contribution in [3.05, 3.63) is 18.6 Å². The molecule has 0 radical (unpaired) electrons. The molecule has 0 aliphatic carbocycles. The van der Waals surface area contributed by atoms with Gasteiger partial charge in [0.2, 0.25) is 0 Å². The minimum atomic E-state index is 0.290. The maximum Gasteiger partial charge on any atom is 0.147 e. The van der Waals surface area contributed by atoms with Gasteiger partial charge in [-0.05, 0) is 32.2 Å². The van der Waals surface area contributed by atoms with Crippen LogP contribution in [-0.2, 0) is 0 Å². The van der Waals surface area contributed by atoms with Gasteiger partial charge in [0.05, 0.1) is 12.8 Å². The van der Waals surface area contributed by atoms with Gasteiger partial charge in [0.25, 0.3) is 0 Å². The van der Waals surface area contributed by atoms with E-state index in [1.54, 1.807) is 12.4 Å². The van der Waals surface area contributed by atoms with E-state index in [0.29, 0.717) is 12.1 Å². The van der Waals surface area contributed by atoms with E-state index in [0.717, 1.165) is 31.9 Å². The number of rotatable bonds is 4. The van der Waals surface area contributed by atoms with E-state index < -0.39 is 0 Å². The monoisotopic (exact) mass is 262 g/mol. The summed E-state index contributed by atoms with van der Waals surface area (Å²) in [6.45, 7) is 3.52. The highest BCUT2D eigenvalue weighted by molar-refractivity contribution is 5.38. The molecule has 3 heterocycles. The highest BCUT2D eigenvalue weighted by Crippen LogP contribution is 2.26. The van der Waals surface area contributed by atoms with Gasteiger partial charge < -0.3 is 10.0 Å². The number of nitrogens with zero attached hydrogens (tertiary/aromatic N) is 4. The van der Waals surface area contributed by atoms with Crippen molar-refractivity contribution in [2.45, 2.75) is 37.8 Å². The highest BCUT2D eigenvalue weighted by Gasteiger charge is 2.31. The largest absolute Gasteiger partial charge is 0.395 e. The van der Waals surface area contributed by atoms with Crippen molar-refractivity contribution in [2.75, 3.05) is 31.1 Å². The van der Waals surface area contributed by atoms with Crippen LogP contribution in [-0.4, -0.2) is 58.3 Å². The molecular formula is C14H22N4O. The highest BCUT2D eigenvalue weighted by atomic mass is 16.3. The van der Waals surface area contributed by atoms with Gasteiger partial charge in [0.1, 0.15) is 5.82 Å². The standard InChI is InChI=1S/C14H22N4O/c19-11-13-4-1-7-17(13)10-12-3-2-8-18(12)14-9-15-5-6-16-14/h5-6,9,12-13,19H,1-4,7-8,10-11H2. The third kappa shape index (κ3) is 2.72. The molecule has 19 heavy (non-hydrogen) atoms. The predicted octanol–water partition coefficient (Wildman–Crippen LogP) is 0.902. The third-order valence-corrected chi connectivity index (χ3v) is 4.38. The van der Waals surface area contributed by atoms with Gasteiger partial charge in [-0.3, -0.25) is 9.88 Å². The summed E-state index contributed by atoms with van der Waals surface area (Å²) in [7, 11) is 0. The summed E-state index contributed by atoms with van der Waals surface area (Å²) >= 11 is 0. The van der Waals surface area contributed by atoms with E-state index in [4.69, 9.17) is 0 Å². The molecule has 2 atom stereocenters. The lowest BCUT2D eigenvalue weighted by Gasteiger charge is -2.31. The summed E-state index contributed by atoms with van der Waals surface area (Å²) in [5.74, 6) is 0.991. The summed E-state index contributed by atoms with van der Waals surface area (Å²) in [6.07, 6.45) is 10.1. The van der Waals surface area contributed by atoms with Crippen LogP contribution < -0.4 is 4.90 Å². The van der Waals surface area contributed by atoms with Crippen molar-refractivity contribution in [3.63, 3.8) is 0 Å². The first-order chi connectivity index (χ1) is 9.38. The smallest absolute Gasteiger partial charge is 0.147 e. The van der Waals surface area contributed by atoms with Gasteiger partial charge in [0, 0.05) is 37.6 Å². The molecule has 2 aliphatic heterocycles. The molecular weight excluding hydrogens is 240 g/mol. The van der Waals surface area contributed by atoms with Crippen molar-refractivity contribution in [1.82, 2.24) is 14.9 Å². The fourth-order valence-corrected chi connectivity index (χ4v) is 3.38. The normalized spacial score (nSPS) is 28.2.